The largest absolute Gasteiger partial charge is 0.490 e. The van der Waals surface area contributed by atoms with E-state index in [-0.39, 0.29) is 6.10 Å². The Morgan fingerprint density at radius 3 is 2.76 bits per heavy atom. The second-order valence-electron chi connectivity index (χ2n) is 3.93. The van der Waals surface area contributed by atoms with Crippen LogP contribution in [0.25, 0.3) is 11.3 Å². The van der Waals surface area contributed by atoms with E-state index in [1.807, 2.05) is 38.1 Å². The van der Waals surface area contributed by atoms with E-state index in [0.29, 0.717) is 4.64 Å². The van der Waals surface area contributed by atoms with Crippen LogP contribution < -0.4 is 4.74 Å². The topological polar surface area (TPSA) is 37.9 Å². The highest BCUT2D eigenvalue weighted by atomic mass is 32.1. The Bertz CT molecular complexity index is 563. The molecule has 0 aliphatic carbocycles. The molecule has 17 heavy (non-hydrogen) atoms. The number of para-hydroxylation sites is 1. The van der Waals surface area contributed by atoms with Crippen molar-refractivity contribution in [2.75, 3.05) is 0 Å². The summed E-state index contributed by atoms with van der Waals surface area (Å²) in [6.07, 6.45) is 3.53. The van der Waals surface area contributed by atoms with Crippen LogP contribution in [-0.2, 0) is 0 Å². The molecule has 0 saturated heterocycles. The lowest BCUT2D eigenvalue weighted by molar-refractivity contribution is 0.243. The first-order valence-corrected chi connectivity index (χ1v) is 5.89. The summed E-state index contributed by atoms with van der Waals surface area (Å²) in [6.45, 7) is 3.99. The summed E-state index contributed by atoms with van der Waals surface area (Å²) in [5, 5.41) is 0. The number of ether oxygens (including phenoxy) is 1. The minimum Gasteiger partial charge on any atom is -0.490 e. The maximum Gasteiger partial charge on any atom is 0.130 e. The van der Waals surface area contributed by atoms with Crippen molar-refractivity contribution in [1.29, 1.82) is 0 Å². The van der Waals surface area contributed by atoms with E-state index in [0.717, 1.165) is 17.0 Å². The number of hydrogen-bond donors (Lipinski definition) is 1. The van der Waals surface area contributed by atoms with E-state index < -0.39 is 0 Å². The molecule has 2 rings (SSSR count). The van der Waals surface area contributed by atoms with E-state index >= 15 is 0 Å². The van der Waals surface area contributed by atoms with Crippen LogP contribution in [0.4, 0.5) is 0 Å². The molecule has 0 saturated carbocycles. The quantitative estimate of drug-likeness (QED) is 0.841. The van der Waals surface area contributed by atoms with Gasteiger partial charge in [-0.1, -0.05) is 24.4 Å². The molecular formula is C13H14N2OS. The van der Waals surface area contributed by atoms with Gasteiger partial charge in [-0.25, -0.2) is 0 Å². The second-order valence-corrected chi connectivity index (χ2v) is 4.34. The predicted molar refractivity (Wildman–Crippen MR) is 70.6 cm³/mol. The molecule has 1 aromatic heterocycles. The highest BCUT2D eigenvalue weighted by Crippen LogP contribution is 2.29. The van der Waals surface area contributed by atoms with Crippen molar-refractivity contribution in [3.05, 3.63) is 41.3 Å². The lowest BCUT2D eigenvalue weighted by Gasteiger charge is -2.13. The molecule has 0 aliphatic heterocycles. The number of aromatic nitrogens is 2. The van der Waals surface area contributed by atoms with Crippen LogP contribution >= 0.6 is 12.2 Å². The third-order valence-electron chi connectivity index (χ3n) is 2.21. The van der Waals surface area contributed by atoms with Crippen LogP contribution in [0.1, 0.15) is 13.8 Å². The molecule has 0 radical (unpaired) electrons. The van der Waals surface area contributed by atoms with Crippen molar-refractivity contribution in [2.45, 2.75) is 20.0 Å². The molecule has 1 heterocycles. The molecule has 0 unspecified atom stereocenters. The third-order valence-corrected chi connectivity index (χ3v) is 2.52. The average Bonchev–Trinajstić information content (AvgIpc) is 2.30. The van der Waals surface area contributed by atoms with Crippen LogP contribution in [-0.4, -0.2) is 16.1 Å². The Kier molecular flexibility index (Phi) is 3.54. The standard InChI is InChI=1S/C13H14N2OS/c1-9(2)16-11-6-4-3-5-10(11)12-13(17)15-8-7-14-12/h3-9H,1-2H3,(H,15,17). The third kappa shape index (κ3) is 2.71. The first kappa shape index (κ1) is 11.8. The van der Waals surface area contributed by atoms with E-state index in [2.05, 4.69) is 9.97 Å². The van der Waals surface area contributed by atoms with Gasteiger partial charge in [0, 0.05) is 18.0 Å². The zero-order chi connectivity index (χ0) is 12.3. The molecule has 1 aromatic carbocycles. The van der Waals surface area contributed by atoms with Gasteiger partial charge in [-0.15, -0.1) is 0 Å². The summed E-state index contributed by atoms with van der Waals surface area (Å²) in [7, 11) is 0. The highest BCUT2D eigenvalue weighted by Gasteiger charge is 2.09. The fourth-order valence-corrected chi connectivity index (χ4v) is 1.79. The number of nitrogens with one attached hydrogen (secondary N) is 1. The zero-order valence-corrected chi connectivity index (χ0v) is 10.6. The van der Waals surface area contributed by atoms with Crippen molar-refractivity contribution >= 4 is 12.2 Å². The molecule has 0 fully saturated rings. The number of benzene rings is 1. The van der Waals surface area contributed by atoms with Gasteiger partial charge in [0.2, 0.25) is 0 Å². The molecular weight excluding hydrogens is 232 g/mol. The number of H-pyrrole nitrogens is 1. The molecule has 3 nitrogen and oxygen atoms in total. The number of rotatable bonds is 3. The van der Waals surface area contributed by atoms with Crippen molar-refractivity contribution < 1.29 is 4.74 Å². The van der Waals surface area contributed by atoms with Crippen LogP contribution in [0, 0.1) is 4.64 Å². The Balaban J connectivity index is 2.52. The van der Waals surface area contributed by atoms with Crippen LogP contribution in [0.15, 0.2) is 36.7 Å². The predicted octanol–water partition coefficient (Wildman–Crippen LogP) is 3.59. The van der Waals surface area contributed by atoms with E-state index in [9.17, 15) is 0 Å². The lowest BCUT2D eigenvalue weighted by Crippen LogP contribution is -2.06. The normalized spacial score (nSPS) is 10.5. The fraction of sp³-hybridized carbons (Fsp3) is 0.231. The number of aromatic amines is 1. The molecule has 88 valence electrons. The summed E-state index contributed by atoms with van der Waals surface area (Å²) < 4.78 is 6.37. The molecule has 0 atom stereocenters. The van der Waals surface area contributed by atoms with Gasteiger partial charge in [-0.2, -0.15) is 0 Å². The van der Waals surface area contributed by atoms with Gasteiger partial charge >= 0.3 is 0 Å². The van der Waals surface area contributed by atoms with Gasteiger partial charge in [0.1, 0.15) is 16.1 Å². The van der Waals surface area contributed by atoms with Crippen LogP contribution in [0.5, 0.6) is 5.75 Å². The monoisotopic (exact) mass is 246 g/mol. The minimum absolute atomic E-state index is 0.123. The molecule has 0 aliphatic rings. The van der Waals surface area contributed by atoms with Crippen LogP contribution in [0.2, 0.25) is 0 Å². The summed E-state index contributed by atoms with van der Waals surface area (Å²) >= 11 is 5.23. The Labute approximate surface area is 105 Å². The van der Waals surface area contributed by atoms with Gasteiger partial charge in [0.15, 0.2) is 0 Å². The van der Waals surface area contributed by atoms with Gasteiger partial charge < -0.3 is 9.72 Å². The number of nitrogens with zero attached hydrogens (tertiary/aromatic N) is 1. The maximum absolute atomic E-state index is 5.75. The fourth-order valence-electron chi connectivity index (χ4n) is 1.56. The van der Waals surface area contributed by atoms with E-state index in [4.69, 9.17) is 17.0 Å². The lowest BCUT2D eigenvalue weighted by atomic mass is 10.1. The Morgan fingerprint density at radius 1 is 1.29 bits per heavy atom. The maximum atomic E-state index is 5.75. The molecule has 1 N–H and O–H groups in total. The molecule has 2 aromatic rings. The van der Waals surface area contributed by atoms with Crippen molar-refractivity contribution in [3.63, 3.8) is 0 Å². The SMILES string of the molecule is CC(C)Oc1ccccc1-c1ncc[nH]c1=S. The summed E-state index contributed by atoms with van der Waals surface area (Å²) in [5.74, 6) is 0.806. The molecule has 0 amide bonds. The van der Waals surface area contributed by atoms with Crippen molar-refractivity contribution in [2.24, 2.45) is 0 Å². The van der Waals surface area contributed by atoms with Gasteiger partial charge in [-0.05, 0) is 26.0 Å². The summed E-state index contributed by atoms with van der Waals surface area (Å²) in [6, 6.07) is 7.78. The first-order valence-electron chi connectivity index (χ1n) is 5.48. The van der Waals surface area contributed by atoms with E-state index in [1.165, 1.54) is 0 Å². The highest BCUT2D eigenvalue weighted by molar-refractivity contribution is 7.71. The zero-order valence-electron chi connectivity index (χ0n) is 9.81. The molecule has 0 spiro atoms. The van der Waals surface area contributed by atoms with E-state index in [1.54, 1.807) is 12.4 Å². The molecule has 4 heteroatoms. The summed E-state index contributed by atoms with van der Waals surface area (Å²) in [5.41, 5.74) is 1.67. The first-order chi connectivity index (χ1) is 8.18. The molecule has 0 bridgehead atoms. The van der Waals surface area contributed by atoms with Gasteiger partial charge in [0.05, 0.1) is 6.10 Å². The second kappa shape index (κ2) is 5.10. The average molecular weight is 246 g/mol. The number of hydrogen-bond acceptors (Lipinski definition) is 3. The van der Waals surface area contributed by atoms with Gasteiger partial charge in [0.25, 0.3) is 0 Å². The van der Waals surface area contributed by atoms with Crippen LogP contribution in [0.3, 0.4) is 0 Å². The Hall–Kier alpha value is -1.68. The van der Waals surface area contributed by atoms with Crippen molar-refractivity contribution in [1.82, 2.24) is 9.97 Å². The summed E-state index contributed by atoms with van der Waals surface area (Å²) in [4.78, 5) is 7.28. The smallest absolute Gasteiger partial charge is 0.130 e. The van der Waals surface area contributed by atoms with Crippen molar-refractivity contribution in [3.8, 4) is 17.0 Å². The van der Waals surface area contributed by atoms with Gasteiger partial charge in [-0.3, -0.25) is 4.98 Å². The Morgan fingerprint density at radius 2 is 2.06 bits per heavy atom. The minimum atomic E-state index is 0.123.